The Hall–Kier alpha value is -3.49. The number of benzene rings is 2. The standard InChI is InChI=1S/C19H19FN2O6/c1-27-17-7-6-15(22(25)26)10-13(17)11-16(19(24)28-2)21-18(23)9-12-4-3-5-14(20)8-12/h3-8,10,16H,9,11H2,1-2H3,(H,21,23)/t16-/m1/s1. The predicted octanol–water partition coefficient (Wildman–Crippen LogP) is 2.19. The van der Waals surface area contributed by atoms with Crippen LogP contribution in [-0.4, -0.2) is 37.1 Å². The van der Waals surface area contributed by atoms with E-state index < -0.39 is 28.7 Å². The molecule has 1 atom stereocenters. The number of amides is 1. The fraction of sp³-hybridized carbons (Fsp3) is 0.263. The fourth-order valence-electron chi connectivity index (χ4n) is 2.67. The number of esters is 1. The molecule has 1 amide bonds. The normalized spacial score (nSPS) is 11.4. The van der Waals surface area contributed by atoms with Gasteiger partial charge < -0.3 is 14.8 Å². The van der Waals surface area contributed by atoms with E-state index in [1.807, 2.05) is 0 Å². The molecule has 0 spiro atoms. The summed E-state index contributed by atoms with van der Waals surface area (Å²) >= 11 is 0. The Bertz CT molecular complexity index is 886. The van der Waals surface area contributed by atoms with Crippen molar-refractivity contribution in [3.63, 3.8) is 0 Å². The first-order valence-corrected chi connectivity index (χ1v) is 8.27. The highest BCUT2D eigenvalue weighted by Crippen LogP contribution is 2.25. The van der Waals surface area contributed by atoms with Gasteiger partial charge in [-0.05, 0) is 23.8 Å². The highest BCUT2D eigenvalue weighted by atomic mass is 19.1. The maximum absolute atomic E-state index is 13.3. The molecule has 0 bridgehead atoms. The summed E-state index contributed by atoms with van der Waals surface area (Å²) in [6.07, 6.45) is -0.219. The molecule has 2 aromatic rings. The van der Waals surface area contributed by atoms with E-state index in [4.69, 9.17) is 9.47 Å². The number of nitro groups is 1. The minimum atomic E-state index is -1.10. The largest absolute Gasteiger partial charge is 0.496 e. The molecule has 0 aromatic heterocycles. The number of nitrogens with one attached hydrogen (secondary N) is 1. The molecule has 0 aliphatic heterocycles. The molecule has 28 heavy (non-hydrogen) atoms. The van der Waals surface area contributed by atoms with Gasteiger partial charge in [0.1, 0.15) is 17.6 Å². The summed E-state index contributed by atoms with van der Waals surface area (Å²) in [4.78, 5) is 34.8. The van der Waals surface area contributed by atoms with Crippen LogP contribution in [0.1, 0.15) is 11.1 Å². The van der Waals surface area contributed by atoms with Crippen LogP contribution in [0.15, 0.2) is 42.5 Å². The van der Waals surface area contributed by atoms with E-state index in [-0.39, 0.29) is 18.5 Å². The zero-order chi connectivity index (χ0) is 20.7. The van der Waals surface area contributed by atoms with E-state index in [0.717, 1.165) is 0 Å². The highest BCUT2D eigenvalue weighted by molar-refractivity contribution is 5.86. The SMILES string of the molecule is COC(=O)[C@@H](Cc1cc([N+](=O)[O-])ccc1OC)NC(=O)Cc1cccc(F)c1. The summed E-state index contributed by atoms with van der Waals surface area (Å²) in [6, 6.07) is 8.40. The van der Waals surface area contributed by atoms with E-state index in [1.165, 1.54) is 50.6 Å². The Balaban J connectivity index is 2.20. The van der Waals surface area contributed by atoms with E-state index >= 15 is 0 Å². The zero-order valence-electron chi connectivity index (χ0n) is 15.3. The van der Waals surface area contributed by atoms with Gasteiger partial charge in [-0.1, -0.05) is 12.1 Å². The third-order valence-electron chi connectivity index (χ3n) is 3.97. The summed E-state index contributed by atoms with van der Waals surface area (Å²) < 4.78 is 23.2. The number of carbonyl (C=O) groups excluding carboxylic acids is 2. The van der Waals surface area contributed by atoms with E-state index in [0.29, 0.717) is 16.9 Å². The van der Waals surface area contributed by atoms with Crippen molar-refractivity contribution in [1.82, 2.24) is 5.32 Å². The Morgan fingerprint density at radius 3 is 2.57 bits per heavy atom. The van der Waals surface area contributed by atoms with Crippen LogP contribution in [0.25, 0.3) is 0 Å². The first kappa shape index (κ1) is 20.8. The molecule has 0 saturated heterocycles. The molecular formula is C19H19FN2O6. The molecule has 148 valence electrons. The van der Waals surface area contributed by atoms with Crippen LogP contribution in [0, 0.1) is 15.9 Å². The van der Waals surface area contributed by atoms with Gasteiger partial charge in [-0.25, -0.2) is 9.18 Å². The lowest BCUT2D eigenvalue weighted by atomic mass is 10.0. The quantitative estimate of drug-likeness (QED) is 0.421. The van der Waals surface area contributed by atoms with Crippen molar-refractivity contribution in [3.05, 3.63) is 69.5 Å². The third kappa shape index (κ3) is 5.50. The smallest absolute Gasteiger partial charge is 0.328 e. The van der Waals surface area contributed by atoms with Crippen molar-refractivity contribution in [2.24, 2.45) is 0 Å². The molecule has 2 rings (SSSR count). The van der Waals surface area contributed by atoms with Crippen LogP contribution in [0.5, 0.6) is 5.75 Å². The number of methoxy groups -OCH3 is 2. The molecule has 0 heterocycles. The van der Waals surface area contributed by atoms with Gasteiger partial charge in [-0.15, -0.1) is 0 Å². The van der Waals surface area contributed by atoms with Gasteiger partial charge in [-0.2, -0.15) is 0 Å². The number of nitrogens with zero attached hydrogens (tertiary/aromatic N) is 1. The van der Waals surface area contributed by atoms with Gasteiger partial charge in [0.15, 0.2) is 0 Å². The lowest BCUT2D eigenvalue weighted by Gasteiger charge is -2.18. The Kier molecular flexibility index (Phi) is 7.02. The minimum absolute atomic E-state index is 0.0770. The highest BCUT2D eigenvalue weighted by Gasteiger charge is 2.25. The van der Waals surface area contributed by atoms with Crippen LogP contribution < -0.4 is 10.1 Å². The lowest BCUT2D eigenvalue weighted by molar-refractivity contribution is -0.384. The van der Waals surface area contributed by atoms with Gasteiger partial charge in [0, 0.05) is 24.1 Å². The van der Waals surface area contributed by atoms with Gasteiger partial charge in [0.05, 0.1) is 25.6 Å². The molecule has 8 nitrogen and oxygen atoms in total. The first-order chi connectivity index (χ1) is 13.3. The van der Waals surface area contributed by atoms with Crippen LogP contribution >= 0.6 is 0 Å². The van der Waals surface area contributed by atoms with Gasteiger partial charge >= 0.3 is 5.97 Å². The second-order valence-corrected chi connectivity index (χ2v) is 5.91. The maximum Gasteiger partial charge on any atom is 0.328 e. The summed E-state index contributed by atoms with van der Waals surface area (Å²) in [5, 5.41) is 13.5. The number of nitro benzene ring substituents is 1. The molecule has 0 unspecified atom stereocenters. The molecular weight excluding hydrogens is 371 g/mol. The zero-order valence-corrected chi connectivity index (χ0v) is 15.3. The Morgan fingerprint density at radius 1 is 1.21 bits per heavy atom. The fourth-order valence-corrected chi connectivity index (χ4v) is 2.67. The van der Waals surface area contributed by atoms with Gasteiger partial charge in [0.2, 0.25) is 5.91 Å². The van der Waals surface area contributed by atoms with Crippen LogP contribution in [0.2, 0.25) is 0 Å². The van der Waals surface area contributed by atoms with Crippen molar-refractivity contribution < 1.29 is 28.4 Å². The minimum Gasteiger partial charge on any atom is -0.496 e. The predicted molar refractivity (Wildman–Crippen MR) is 97.4 cm³/mol. The van der Waals surface area contributed by atoms with Crippen LogP contribution in [0.3, 0.4) is 0 Å². The molecule has 0 saturated carbocycles. The molecule has 2 aromatic carbocycles. The van der Waals surface area contributed by atoms with Crippen molar-refractivity contribution >= 4 is 17.6 Å². The molecule has 0 aliphatic rings. The Labute approximate surface area is 160 Å². The molecule has 0 aliphatic carbocycles. The molecule has 1 N–H and O–H groups in total. The van der Waals surface area contributed by atoms with E-state index in [2.05, 4.69) is 5.32 Å². The second kappa shape index (κ2) is 9.45. The number of ether oxygens (including phenoxy) is 2. The van der Waals surface area contributed by atoms with Gasteiger partial charge in [-0.3, -0.25) is 14.9 Å². The molecule has 9 heteroatoms. The topological polar surface area (TPSA) is 108 Å². The average molecular weight is 390 g/mol. The second-order valence-electron chi connectivity index (χ2n) is 5.91. The monoisotopic (exact) mass is 390 g/mol. The number of hydrogen-bond acceptors (Lipinski definition) is 6. The number of rotatable bonds is 8. The van der Waals surface area contributed by atoms with Crippen LogP contribution in [0.4, 0.5) is 10.1 Å². The van der Waals surface area contributed by atoms with Crippen molar-refractivity contribution in [1.29, 1.82) is 0 Å². The maximum atomic E-state index is 13.3. The number of carbonyl (C=O) groups is 2. The van der Waals surface area contributed by atoms with Crippen molar-refractivity contribution in [2.45, 2.75) is 18.9 Å². The number of hydrogen-bond donors (Lipinski definition) is 1. The summed E-state index contributed by atoms with van der Waals surface area (Å²) in [7, 11) is 2.55. The Morgan fingerprint density at radius 2 is 1.96 bits per heavy atom. The van der Waals surface area contributed by atoms with Crippen LogP contribution in [-0.2, 0) is 27.2 Å². The molecule has 0 fully saturated rings. The number of non-ortho nitro benzene ring substituents is 1. The molecule has 0 radical (unpaired) electrons. The summed E-state index contributed by atoms with van der Waals surface area (Å²) in [5.74, 6) is -1.39. The number of halogens is 1. The first-order valence-electron chi connectivity index (χ1n) is 8.27. The third-order valence-corrected chi connectivity index (χ3v) is 3.97. The van der Waals surface area contributed by atoms with Crippen molar-refractivity contribution in [3.8, 4) is 5.75 Å². The average Bonchev–Trinajstić information content (AvgIpc) is 2.66. The lowest BCUT2D eigenvalue weighted by Crippen LogP contribution is -2.43. The van der Waals surface area contributed by atoms with Crippen molar-refractivity contribution in [2.75, 3.05) is 14.2 Å². The van der Waals surface area contributed by atoms with Gasteiger partial charge in [0.25, 0.3) is 5.69 Å². The summed E-state index contributed by atoms with van der Waals surface area (Å²) in [5.41, 5.74) is 0.623. The van der Waals surface area contributed by atoms with E-state index in [1.54, 1.807) is 6.07 Å². The van der Waals surface area contributed by atoms with E-state index in [9.17, 15) is 24.1 Å². The summed E-state index contributed by atoms with van der Waals surface area (Å²) in [6.45, 7) is 0.